The first-order valence-corrected chi connectivity index (χ1v) is 7.43. The molecule has 0 bridgehead atoms. The minimum absolute atomic E-state index is 0.110. The SMILES string of the molecule is NC(=O)C(c1cccc(-c2ccc(F)cc2)n1)c1c(F)cccc1F. The van der Waals surface area contributed by atoms with E-state index in [-0.39, 0.29) is 5.69 Å². The van der Waals surface area contributed by atoms with E-state index >= 15 is 0 Å². The number of hydrogen-bond acceptors (Lipinski definition) is 2. The molecule has 1 aromatic heterocycles. The number of primary amides is 1. The van der Waals surface area contributed by atoms with E-state index in [1.54, 1.807) is 12.1 Å². The maximum atomic E-state index is 14.1. The van der Waals surface area contributed by atoms with Gasteiger partial charge in [0, 0.05) is 11.1 Å². The minimum Gasteiger partial charge on any atom is -0.369 e. The Hall–Kier alpha value is -3.15. The number of halogens is 3. The van der Waals surface area contributed by atoms with Gasteiger partial charge in [0.25, 0.3) is 0 Å². The summed E-state index contributed by atoms with van der Waals surface area (Å²) in [6, 6.07) is 13.6. The van der Waals surface area contributed by atoms with E-state index in [1.165, 1.54) is 36.4 Å². The van der Waals surface area contributed by atoms with Crippen LogP contribution in [-0.4, -0.2) is 10.9 Å². The molecule has 2 N–H and O–H groups in total. The molecule has 1 heterocycles. The van der Waals surface area contributed by atoms with Crippen molar-refractivity contribution in [3.05, 3.63) is 89.4 Å². The number of hydrogen-bond donors (Lipinski definition) is 1. The van der Waals surface area contributed by atoms with Gasteiger partial charge in [-0.25, -0.2) is 13.2 Å². The van der Waals surface area contributed by atoms with Gasteiger partial charge in [0.15, 0.2) is 0 Å². The van der Waals surface area contributed by atoms with Crippen LogP contribution in [0.2, 0.25) is 0 Å². The quantitative estimate of drug-likeness (QED) is 0.784. The normalized spacial score (nSPS) is 12.0. The molecule has 25 heavy (non-hydrogen) atoms. The summed E-state index contributed by atoms with van der Waals surface area (Å²) in [5.74, 6) is -4.45. The molecule has 0 spiro atoms. The monoisotopic (exact) mass is 342 g/mol. The Balaban J connectivity index is 2.11. The van der Waals surface area contributed by atoms with Gasteiger partial charge in [-0.1, -0.05) is 12.1 Å². The summed E-state index contributed by atoms with van der Waals surface area (Å²) in [5, 5.41) is 0. The third-order valence-electron chi connectivity index (χ3n) is 3.78. The summed E-state index contributed by atoms with van der Waals surface area (Å²) in [6.45, 7) is 0. The Bertz CT molecular complexity index is 906. The molecule has 0 saturated heterocycles. The van der Waals surface area contributed by atoms with Crippen molar-refractivity contribution < 1.29 is 18.0 Å². The number of amides is 1. The molecule has 0 fully saturated rings. The molecule has 1 amide bonds. The Morgan fingerprint density at radius 2 is 1.48 bits per heavy atom. The largest absolute Gasteiger partial charge is 0.369 e. The molecule has 3 rings (SSSR count). The predicted octanol–water partition coefficient (Wildman–Crippen LogP) is 3.78. The van der Waals surface area contributed by atoms with Crippen LogP contribution in [0.1, 0.15) is 17.2 Å². The van der Waals surface area contributed by atoms with E-state index in [1.807, 2.05) is 0 Å². The molecule has 126 valence electrons. The molecule has 1 atom stereocenters. The average molecular weight is 342 g/mol. The Morgan fingerprint density at radius 3 is 2.08 bits per heavy atom. The van der Waals surface area contributed by atoms with Gasteiger partial charge in [-0.3, -0.25) is 9.78 Å². The number of rotatable bonds is 4. The zero-order valence-corrected chi connectivity index (χ0v) is 12.9. The third-order valence-corrected chi connectivity index (χ3v) is 3.78. The third kappa shape index (κ3) is 3.38. The van der Waals surface area contributed by atoms with Gasteiger partial charge in [-0.05, 0) is 48.5 Å². The Kier molecular flexibility index (Phi) is 4.52. The van der Waals surface area contributed by atoms with Crippen LogP contribution < -0.4 is 5.73 Å². The summed E-state index contributed by atoms with van der Waals surface area (Å²) >= 11 is 0. The lowest BCUT2D eigenvalue weighted by molar-refractivity contribution is -0.118. The van der Waals surface area contributed by atoms with E-state index in [0.717, 1.165) is 12.1 Å². The van der Waals surface area contributed by atoms with Crippen molar-refractivity contribution in [1.29, 1.82) is 0 Å². The predicted molar refractivity (Wildman–Crippen MR) is 87.0 cm³/mol. The number of carbonyl (C=O) groups excluding carboxylic acids is 1. The molecule has 3 nitrogen and oxygen atoms in total. The summed E-state index contributed by atoms with van der Waals surface area (Å²) in [6.07, 6.45) is 0. The lowest BCUT2D eigenvalue weighted by atomic mass is 9.93. The number of benzene rings is 2. The maximum Gasteiger partial charge on any atom is 0.231 e. The second-order valence-electron chi connectivity index (χ2n) is 5.43. The summed E-state index contributed by atoms with van der Waals surface area (Å²) in [5.41, 5.74) is 6.08. The zero-order chi connectivity index (χ0) is 18.0. The van der Waals surface area contributed by atoms with Crippen LogP contribution in [0, 0.1) is 17.5 Å². The smallest absolute Gasteiger partial charge is 0.231 e. The molecule has 0 aliphatic carbocycles. The molecule has 2 aromatic carbocycles. The van der Waals surface area contributed by atoms with Crippen LogP contribution in [-0.2, 0) is 4.79 Å². The van der Waals surface area contributed by atoms with Gasteiger partial charge >= 0.3 is 0 Å². The fraction of sp³-hybridized carbons (Fsp3) is 0.0526. The molecule has 0 radical (unpaired) electrons. The van der Waals surface area contributed by atoms with Gasteiger partial charge in [-0.15, -0.1) is 0 Å². The molecular formula is C19H13F3N2O. The summed E-state index contributed by atoms with van der Waals surface area (Å²) in [7, 11) is 0. The number of carbonyl (C=O) groups is 1. The first-order valence-electron chi connectivity index (χ1n) is 7.43. The molecule has 0 saturated carbocycles. The first-order chi connectivity index (χ1) is 12.0. The summed E-state index contributed by atoms with van der Waals surface area (Å²) < 4.78 is 41.3. The van der Waals surface area contributed by atoms with Gasteiger partial charge in [0.1, 0.15) is 23.4 Å². The maximum absolute atomic E-state index is 14.1. The zero-order valence-electron chi connectivity index (χ0n) is 12.9. The minimum atomic E-state index is -1.37. The first kappa shape index (κ1) is 16.7. The molecule has 0 aliphatic heterocycles. The van der Waals surface area contributed by atoms with E-state index in [9.17, 15) is 18.0 Å². The Labute approximate surface area is 141 Å². The standard InChI is InChI=1S/C19H13F3N2O/c20-12-9-7-11(8-10-12)15-5-2-6-16(24-15)18(19(23)25)17-13(21)3-1-4-14(17)22/h1-10,18H,(H2,23,25). The fourth-order valence-electron chi connectivity index (χ4n) is 2.62. The van der Waals surface area contributed by atoms with E-state index in [0.29, 0.717) is 11.3 Å². The highest BCUT2D eigenvalue weighted by atomic mass is 19.1. The van der Waals surface area contributed by atoms with Crippen molar-refractivity contribution >= 4 is 5.91 Å². The second-order valence-corrected chi connectivity index (χ2v) is 5.43. The van der Waals surface area contributed by atoms with Crippen molar-refractivity contribution in [2.24, 2.45) is 5.73 Å². The average Bonchev–Trinajstić information content (AvgIpc) is 2.58. The fourth-order valence-corrected chi connectivity index (χ4v) is 2.62. The van der Waals surface area contributed by atoms with E-state index < -0.39 is 34.8 Å². The highest BCUT2D eigenvalue weighted by molar-refractivity contribution is 5.85. The van der Waals surface area contributed by atoms with Crippen molar-refractivity contribution in [3.63, 3.8) is 0 Å². The molecular weight excluding hydrogens is 329 g/mol. The highest BCUT2D eigenvalue weighted by Crippen LogP contribution is 2.29. The van der Waals surface area contributed by atoms with Crippen LogP contribution in [0.15, 0.2) is 60.7 Å². The second kappa shape index (κ2) is 6.76. The van der Waals surface area contributed by atoms with Gasteiger partial charge in [-0.2, -0.15) is 0 Å². The lowest BCUT2D eigenvalue weighted by Gasteiger charge is -2.16. The van der Waals surface area contributed by atoms with Crippen molar-refractivity contribution in [3.8, 4) is 11.3 Å². The van der Waals surface area contributed by atoms with Gasteiger partial charge in [0.2, 0.25) is 5.91 Å². The van der Waals surface area contributed by atoms with Crippen molar-refractivity contribution in [1.82, 2.24) is 4.98 Å². The van der Waals surface area contributed by atoms with Gasteiger partial charge < -0.3 is 5.73 Å². The number of pyridine rings is 1. The molecule has 0 aliphatic rings. The van der Waals surface area contributed by atoms with Crippen molar-refractivity contribution in [2.75, 3.05) is 0 Å². The number of nitrogens with zero attached hydrogens (tertiary/aromatic N) is 1. The van der Waals surface area contributed by atoms with Crippen LogP contribution in [0.25, 0.3) is 11.3 Å². The summed E-state index contributed by atoms with van der Waals surface area (Å²) in [4.78, 5) is 16.2. The number of nitrogens with two attached hydrogens (primary N) is 1. The molecule has 6 heteroatoms. The Morgan fingerprint density at radius 1 is 0.880 bits per heavy atom. The molecule has 3 aromatic rings. The topological polar surface area (TPSA) is 56.0 Å². The van der Waals surface area contributed by atoms with Crippen LogP contribution in [0.4, 0.5) is 13.2 Å². The van der Waals surface area contributed by atoms with E-state index in [4.69, 9.17) is 5.73 Å². The van der Waals surface area contributed by atoms with Crippen molar-refractivity contribution in [2.45, 2.75) is 5.92 Å². The van der Waals surface area contributed by atoms with Crippen LogP contribution >= 0.6 is 0 Å². The van der Waals surface area contributed by atoms with Crippen LogP contribution in [0.5, 0.6) is 0 Å². The molecule has 1 unspecified atom stereocenters. The number of aromatic nitrogens is 1. The highest BCUT2D eigenvalue weighted by Gasteiger charge is 2.28. The lowest BCUT2D eigenvalue weighted by Crippen LogP contribution is -2.25. The van der Waals surface area contributed by atoms with E-state index in [2.05, 4.69) is 4.98 Å². The van der Waals surface area contributed by atoms with Gasteiger partial charge in [0.05, 0.1) is 11.4 Å². The van der Waals surface area contributed by atoms with Crippen LogP contribution in [0.3, 0.4) is 0 Å².